The van der Waals surface area contributed by atoms with E-state index in [0.717, 1.165) is 0 Å². The van der Waals surface area contributed by atoms with Crippen LogP contribution in [0.5, 0.6) is 0 Å². The summed E-state index contributed by atoms with van der Waals surface area (Å²) in [6.45, 7) is 4.47. The summed E-state index contributed by atoms with van der Waals surface area (Å²) in [4.78, 5) is 0. The van der Waals surface area contributed by atoms with E-state index in [1.165, 1.54) is 45.5 Å². The van der Waals surface area contributed by atoms with E-state index < -0.39 is 0 Å². The molecule has 0 aliphatic heterocycles. The first kappa shape index (κ1) is 11.3. The Morgan fingerprint density at radius 3 is 2.39 bits per heavy atom. The Hall–Kier alpha value is -1.82. The summed E-state index contributed by atoms with van der Waals surface area (Å²) in [5, 5.41) is 5.52. The molecule has 0 N–H and O–H groups in total. The van der Waals surface area contributed by atoms with Gasteiger partial charge in [-0.3, -0.25) is 0 Å². The molecule has 0 heterocycles. The van der Waals surface area contributed by atoms with E-state index in [2.05, 4.69) is 62.4 Å². The summed E-state index contributed by atoms with van der Waals surface area (Å²) in [6, 6.07) is 17.7. The zero-order valence-electron chi connectivity index (χ0n) is 11.0. The second-order valence-electron chi connectivity index (χ2n) is 4.99. The summed E-state index contributed by atoms with van der Waals surface area (Å²) in [6.07, 6.45) is 2.37. The summed E-state index contributed by atoms with van der Waals surface area (Å²) < 4.78 is 0. The molecule has 0 aliphatic rings. The van der Waals surface area contributed by atoms with Gasteiger partial charge in [0.2, 0.25) is 0 Å². The SMILES string of the molecule is CCCc1c(C)ccc2c1ccc1ccccc12. The molecule has 18 heavy (non-hydrogen) atoms. The molecule has 90 valence electrons. The van der Waals surface area contributed by atoms with Crippen molar-refractivity contribution in [2.24, 2.45) is 0 Å². The van der Waals surface area contributed by atoms with Gasteiger partial charge in [0.05, 0.1) is 0 Å². The summed E-state index contributed by atoms with van der Waals surface area (Å²) in [5.74, 6) is 0. The first-order valence-electron chi connectivity index (χ1n) is 6.71. The molecule has 0 amide bonds. The van der Waals surface area contributed by atoms with E-state index in [4.69, 9.17) is 0 Å². The van der Waals surface area contributed by atoms with E-state index in [0.29, 0.717) is 0 Å². The minimum absolute atomic E-state index is 1.17. The van der Waals surface area contributed by atoms with Crippen LogP contribution in [0.2, 0.25) is 0 Å². The highest BCUT2D eigenvalue weighted by molar-refractivity contribution is 6.08. The summed E-state index contributed by atoms with van der Waals surface area (Å²) >= 11 is 0. The Morgan fingerprint density at radius 2 is 1.56 bits per heavy atom. The number of aryl methyl sites for hydroxylation is 2. The fourth-order valence-corrected chi connectivity index (χ4v) is 2.84. The third-order valence-corrected chi connectivity index (χ3v) is 3.77. The highest BCUT2D eigenvalue weighted by Gasteiger charge is 2.06. The normalized spacial score (nSPS) is 11.2. The smallest absolute Gasteiger partial charge is 0.0102 e. The Morgan fingerprint density at radius 1 is 0.778 bits per heavy atom. The molecule has 0 spiro atoms. The lowest BCUT2D eigenvalue weighted by molar-refractivity contribution is 0.921. The Kier molecular flexibility index (Phi) is 2.79. The van der Waals surface area contributed by atoms with E-state index in [1.54, 1.807) is 0 Å². The molecular weight excluding hydrogens is 216 g/mol. The molecule has 0 aromatic heterocycles. The maximum absolute atomic E-state index is 2.29. The first-order chi connectivity index (χ1) is 8.81. The second-order valence-corrected chi connectivity index (χ2v) is 4.99. The van der Waals surface area contributed by atoms with Crippen LogP contribution < -0.4 is 0 Å². The van der Waals surface area contributed by atoms with Crippen molar-refractivity contribution in [1.82, 2.24) is 0 Å². The minimum Gasteiger partial charge on any atom is -0.0651 e. The topological polar surface area (TPSA) is 0 Å². The van der Waals surface area contributed by atoms with Crippen molar-refractivity contribution in [3.8, 4) is 0 Å². The highest BCUT2D eigenvalue weighted by atomic mass is 14.1. The van der Waals surface area contributed by atoms with Crippen LogP contribution in [-0.2, 0) is 6.42 Å². The van der Waals surface area contributed by atoms with Gasteiger partial charge in [-0.05, 0) is 46.0 Å². The summed E-state index contributed by atoms with van der Waals surface area (Å²) in [7, 11) is 0. The van der Waals surface area contributed by atoms with Gasteiger partial charge in [0.1, 0.15) is 0 Å². The van der Waals surface area contributed by atoms with Gasteiger partial charge in [-0.2, -0.15) is 0 Å². The van der Waals surface area contributed by atoms with E-state index >= 15 is 0 Å². The van der Waals surface area contributed by atoms with Crippen LogP contribution in [0.25, 0.3) is 21.5 Å². The van der Waals surface area contributed by atoms with Crippen LogP contribution in [0.4, 0.5) is 0 Å². The first-order valence-corrected chi connectivity index (χ1v) is 6.71. The number of hydrogen-bond donors (Lipinski definition) is 0. The van der Waals surface area contributed by atoms with Crippen molar-refractivity contribution in [1.29, 1.82) is 0 Å². The van der Waals surface area contributed by atoms with Gasteiger partial charge < -0.3 is 0 Å². The van der Waals surface area contributed by atoms with Crippen LogP contribution in [-0.4, -0.2) is 0 Å². The van der Waals surface area contributed by atoms with E-state index in [-0.39, 0.29) is 0 Å². The molecule has 0 radical (unpaired) electrons. The van der Waals surface area contributed by atoms with Crippen LogP contribution in [0.15, 0.2) is 48.5 Å². The third-order valence-electron chi connectivity index (χ3n) is 3.77. The van der Waals surface area contributed by atoms with Crippen molar-refractivity contribution in [2.45, 2.75) is 26.7 Å². The van der Waals surface area contributed by atoms with Gasteiger partial charge in [0, 0.05) is 0 Å². The monoisotopic (exact) mass is 234 g/mol. The molecule has 0 heteroatoms. The van der Waals surface area contributed by atoms with Gasteiger partial charge in [-0.15, -0.1) is 0 Å². The predicted molar refractivity (Wildman–Crippen MR) is 80.2 cm³/mol. The number of rotatable bonds is 2. The van der Waals surface area contributed by atoms with Gasteiger partial charge in [-0.1, -0.05) is 61.9 Å². The number of hydrogen-bond acceptors (Lipinski definition) is 0. The molecule has 0 nitrogen and oxygen atoms in total. The van der Waals surface area contributed by atoms with Crippen molar-refractivity contribution in [3.05, 3.63) is 59.7 Å². The van der Waals surface area contributed by atoms with Crippen molar-refractivity contribution >= 4 is 21.5 Å². The average molecular weight is 234 g/mol. The van der Waals surface area contributed by atoms with Gasteiger partial charge >= 0.3 is 0 Å². The van der Waals surface area contributed by atoms with Crippen molar-refractivity contribution in [2.75, 3.05) is 0 Å². The standard InChI is InChI=1S/C18H18/c1-3-6-15-13(2)9-11-18-16-8-5-4-7-14(16)10-12-17(15)18/h4-5,7-12H,3,6H2,1-2H3. The molecular formula is C18H18. The molecule has 0 saturated heterocycles. The van der Waals surface area contributed by atoms with Crippen LogP contribution in [0.3, 0.4) is 0 Å². The maximum Gasteiger partial charge on any atom is -0.0102 e. The van der Waals surface area contributed by atoms with E-state index in [9.17, 15) is 0 Å². The van der Waals surface area contributed by atoms with Crippen molar-refractivity contribution in [3.63, 3.8) is 0 Å². The van der Waals surface area contributed by atoms with Crippen LogP contribution in [0, 0.1) is 6.92 Å². The molecule has 0 unspecified atom stereocenters. The number of benzene rings is 3. The third kappa shape index (κ3) is 1.69. The molecule has 0 aliphatic carbocycles. The lowest BCUT2D eigenvalue weighted by Crippen LogP contribution is -1.91. The van der Waals surface area contributed by atoms with Crippen LogP contribution in [0.1, 0.15) is 24.5 Å². The number of fused-ring (bicyclic) bond motifs is 3. The Balaban J connectivity index is 2.43. The molecule has 0 atom stereocenters. The zero-order chi connectivity index (χ0) is 12.5. The Labute approximate surface area is 108 Å². The predicted octanol–water partition coefficient (Wildman–Crippen LogP) is 5.25. The highest BCUT2D eigenvalue weighted by Crippen LogP contribution is 2.29. The Bertz CT molecular complexity index is 708. The lowest BCUT2D eigenvalue weighted by atomic mass is 9.93. The minimum atomic E-state index is 1.17. The average Bonchev–Trinajstić information content (AvgIpc) is 2.41. The molecule has 3 aromatic rings. The van der Waals surface area contributed by atoms with Crippen LogP contribution >= 0.6 is 0 Å². The largest absolute Gasteiger partial charge is 0.0651 e. The van der Waals surface area contributed by atoms with Gasteiger partial charge in [-0.25, -0.2) is 0 Å². The second kappa shape index (κ2) is 4.45. The molecule has 0 saturated carbocycles. The molecule has 3 rings (SSSR count). The van der Waals surface area contributed by atoms with Gasteiger partial charge in [0.15, 0.2) is 0 Å². The lowest BCUT2D eigenvalue weighted by Gasteiger charge is -2.11. The molecule has 0 fully saturated rings. The summed E-state index contributed by atoms with van der Waals surface area (Å²) in [5.41, 5.74) is 2.93. The maximum atomic E-state index is 2.29. The van der Waals surface area contributed by atoms with E-state index in [1.807, 2.05) is 0 Å². The van der Waals surface area contributed by atoms with Crippen molar-refractivity contribution < 1.29 is 0 Å². The van der Waals surface area contributed by atoms with Gasteiger partial charge in [0.25, 0.3) is 0 Å². The zero-order valence-corrected chi connectivity index (χ0v) is 11.0. The fourth-order valence-electron chi connectivity index (χ4n) is 2.84. The fraction of sp³-hybridized carbons (Fsp3) is 0.222. The molecule has 0 bridgehead atoms. The molecule has 3 aromatic carbocycles. The quantitative estimate of drug-likeness (QED) is 0.531.